The molecule has 0 aliphatic heterocycles. The van der Waals surface area contributed by atoms with E-state index in [1.54, 1.807) is 0 Å². The molecule has 19 heavy (non-hydrogen) atoms. The molecule has 0 saturated heterocycles. The van der Waals surface area contributed by atoms with Crippen molar-refractivity contribution in [1.29, 1.82) is 0 Å². The Bertz CT molecular complexity index is 497. The number of anilines is 1. The summed E-state index contributed by atoms with van der Waals surface area (Å²) in [6.45, 7) is 0.602. The maximum atomic E-state index is 11.5. The quantitative estimate of drug-likeness (QED) is 0.611. The van der Waals surface area contributed by atoms with Crippen LogP contribution in [0, 0.1) is 5.92 Å². The molecular formula is C13H16N2O4. The average Bonchev–Trinajstić information content (AvgIpc) is 3.15. The molecular weight excluding hydrogens is 248 g/mol. The number of carboxylic acids is 1. The van der Waals surface area contributed by atoms with E-state index in [1.807, 2.05) is 0 Å². The Labute approximate surface area is 110 Å². The summed E-state index contributed by atoms with van der Waals surface area (Å²) in [7, 11) is 0. The first-order chi connectivity index (χ1) is 9.06. The minimum atomic E-state index is -1.13. The van der Waals surface area contributed by atoms with Gasteiger partial charge in [0.1, 0.15) is 5.75 Å². The lowest BCUT2D eigenvalue weighted by Gasteiger charge is -2.09. The number of rotatable bonds is 5. The topological polar surface area (TPSA) is 98.7 Å². The molecule has 0 bridgehead atoms. The van der Waals surface area contributed by atoms with Crippen molar-refractivity contribution < 1.29 is 19.8 Å². The third-order valence-corrected chi connectivity index (χ3v) is 3.03. The van der Waals surface area contributed by atoms with E-state index in [0.29, 0.717) is 6.54 Å². The number of phenolic OH excluding ortho intramolecular Hbond substituents is 1. The molecule has 1 aliphatic carbocycles. The van der Waals surface area contributed by atoms with Crippen LogP contribution in [0.1, 0.15) is 29.6 Å². The predicted molar refractivity (Wildman–Crippen MR) is 69.4 cm³/mol. The number of benzene rings is 1. The number of urea groups is 1. The Hall–Kier alpha value is -2.24. The van der Waals surface area contributed by atoms with Crippen molar-refractivity contribution >= 4 is 17.7 Å². The van der Waals surface area contributed by atoms with Gasteiger partial charge in [0.25, 0.3) is 0 Å². The van der Waals surface area contributed by atoms with Crippen molar-refractivity contribution in [2.45, 2.75) is 19.3 Å². The molecule has 0 aromatic heterocycles. The van der Waals surface area contributed by atoms with E-state index in [4.69, 9.17) is 5.11 Å². The number of carboxylic acid groups (broad SMARTS) is 1. The molecule has 1 saturated carbocycles. The Morgan fingerprint density at radius 2 is 2.05 bits per heavy atom. The SMILES string of the molecule is O=C(NCCC1CC1)Nc1ccc(C(=O)O)cc1O. The molecule has 0 radical (unpaired) electrons. The van der Waals surface area contributed by atoms with Crippen molar-refractivity contribution in [3.8, 4) is 5.75 Å². The molecule has 1 fully saturated rings. The first kappa shape index (κ1) is 13.2. The molecule has 2 amide bonds. The smallest absolute Gasteiger partial charge is 0.335 e. The van der Waals surface area contributed by atoms with Gasteiger partial charge >= 0.3 is 12.0 Å². The number of hydrogen-bond donors (Lipinski definition) is 4. The highest BCUT2D eigenvalue weighted by atomic mass is 16.4. The van der Waals surface area contributed by atoms with E-state index >= 15 is 0 Å². The average molecular weight is 264 g/mol. The van der Waals surface area contributed by atoms with E-state index < -0.39 is 12.0 Å². The van der Waals surface area contributed by atoms with Gasteiger partial charge in [0, 0.05) is 6.54 Å². The Morgan fingerprint density at radius 3 is 2.63 bits per heavy atom. The summed E-state index contributed by atoms with van der Waals surface area (Å²) in [5.41, 5.74) is 0.158. The van der Waals surface area contributed by atoms with Crippen molar-refractivity contribution in [1.82, 2.24) is 5.32 Å². The molecule has 1 aliphatic rings. The largest absolute Gasteiger partial charge is 0.506 e. The van der Waals surface area contributed by atoms with Crippen LogP contribution >= 0.6 is 0 Å². The second-order valence-corrected chi connectivity index (χ2v) is 4.65. The van der Waals surface area contributed by atoms with Gasteiger partial charge in [-0.2, -0.15) is 0 Å². The van der Waals surface area contributed by atoms with Gasteiger partial charge in [-0.1, -0.05) is 12.8 Å². The van der Waals surface area contributed by atoms with Gasteiger partial charge in [0.2, 0.25) is 0 Å². The molecule has 2 rings (SSSR count). The maximum Gasteiger partial charge on any atom is 0.335 e. The first-order valence-electron chi connectivity index (χ1n) is 6.17. The zero-order valence-electron chi connectivity index (χ0n) is 10.3. The molecule has 6 nitrogen and oxygen atoms in total. The van der Waals surface area contributed by atoms with Crippen LogP contribution in [0.4, 0.5) is 10.5 Å². The van der Waals surface area contributed by atoms with Gasteiger partial charge in [-0.15, -0.1) is 0 Å². The molecule has 4 N–H and O–H groups in total. The Balaban J connectivity index is 1.86. The highest BCUT2D eigenvalue weighted by Crippen LogP contribution is 2.31. The second kappa shape index (κ2) is 5.60. The lowest BCUT2D eigenvalue weighted by atomic mass is 10.2. The first-order valence-corrected chi connectivity index (χ1v) is 6.17. The van der Waals surface area contributed by atoms with Gasteiger partial charge in [-0.05, 0) is 30.5 Å². The molecule has 102 valence electrons. The lowest BCUT2D eigenvalue weighted by Crippen LogP contribution is -2.29. The number of amides is 2. The van der Waals surface area contributed by atoms with Crippen LogP contribution in [0.25, 0.3) is 0 Å². The monoisotopic (exact) mass is 264 g/mol. The third-order valence-electron chi connectivity index (χ3n) is 3.03. The molecule has 6 heteroatoms. The van der Waals surface area contributed by atoms with Crippen LogP contribution in [0.15, 0.2) is 18.2 Å². The van der Waals surface area contributed by atoms with Crippen molar-refractivity contribution in [2.24, 2.45) is 5.92 Å². The number of nitrogens with one attached hydrogen (secondary N) is 2. The van der Waals surface area contributed by atoms with Gasteiger partial charge in [0.05, 0.1) is 11.3 Å². The number of phenols is 1. The highest BCUT2D eigenvalue weighted by Gasteiger charge is 2.20. The van der Waals surface area contributed by atoms with Gasteiger partial charge in [0.15, 0.2) is 0 Å². The summed E-state index contributed by atoms with van der Waals surface area (Å²) in [4.78, 5) is 22.2. The lowest BCUT2D eigenvalue weighted by molar-refractivity contribution is 0.0696. The van der Waals surface area contributed by atoms with Crippen LogP contribution in [0.2, 0.25) is 0 Å². The van der Waals surface area contributed by atoms with Crippen LogP contribution < -0.4 is 10.6 Å². The minimum Gasteiger partial charge on any atom is -0.506 e. The van der Waals surface area contributed by atoms with Gasteiger partial charge < -0.3 is 20.8 Å². The number of hydrogen-bond acceptors (Lipinski definition) is 3. The van der Waals surface area contributed by atoms with E-state index in [2.05, 4.69) is 10.6 Å². The summed E-state index contributed by atoms with van der Waals surface area (Å²) >= 11 is 0. The zero-order valence-corrected chi connectivity index (χ0v) is 10.3. The van der Waals surface area contributed by atoms with E-state index in [9.17, 15) is 14.7 Å². The van der Waals surface area contributed by atoms with E-state index in [-0.39, 0.29) is 17.0 Å². The standard InChI is InChI=1S/C13H16N2O4/c16-11-7-9(12(17)18)3-4-10(11)15-13(19)14-6-5-8-1-2-8/h3-4,7-8,16H,1-2,5-6H2,(H,17,18)(H2,14,15,19). The number of carbonyl (C=O) groups excluding carboxylic acids is 1. The van der Waals surface area contributed by atoms with Crippen LogP contribution in [0.3, 0.4) is 0 Å². The summed E-state index contributed by atoms with van der Waals surface area (Å²) in [6, 6.07) is 3.38. The molecule has 0 unspecified atom stereocenters. The predicted octanol–water partition coefficient (Wildman–Crippen LogP) is 2.01. The molecule has 0 heterocycles. The molecule has 1 aromatic carbocycles. The fraction of sp³-hybridized carbons (Fsp3) is 0.385. The van der Waals surface area contributed by atoms with Crippen molar-refractivity contribution in [3.05, 3.63) is 23.8 Å². The third kappa shape index (κ3) is 3.87. The number of aromatic carboxylic acids is 1. The summed E-state index contributed by atoms with van der Waals surface area (Å²) in [5.74, 6) is -0.656. The summed E-state index contributed by atoms with van der Waals surface area (Å²) in [6.07, 6.45) is 3.44. The van der Waals surface area contributed by atoms with Crippen LogP contribution in [-0.2, 0) is 0 Å². The highest BCUT2D eigenvalue weighted by molar-refractivity contribution is 5.93. The minimum absolute atomic E-state index is 0.0304. The summed E-state index contributed by atoms with van der Waals surface area (Å²) < 4.78 is 0. The van der Waals surface area contributed by atoms with Gasteiger partial charge in [-0.25, -0.2) is 9.59 Å². The van der Waals surface area contributed by atoms with E-state index in [1.165, 1.54) is 25.0 Å². The Morgan fingerprint density at radius 1 is 1.32 bits per heavy atom. The molecule has 0 atom stereocenters. The second-order valence-electron chi connectivity index (χ2n) is 4.65. The van der Waals surface area contributed by atoms with Crippen LogP contribution in [0.5, 0.6) is 5.75 Å². The number of aromatic hydroxyl groups is 1. The molecule has 1 aromatic rings. The van der Waals surface area contributed by atoms with Crippen molar-refractivity contribution in [3.63, 3.8) is 0 Å². The molecule has 0 spiro atoms. The maximum absolute atomic E-state index is 11.5. The van der Waals surface area contributed by atoms with E-state index in [0.717, 1.165) is 18.4 Å². The zero-order chi connectivity index (χ0) is 13.8. The van der Waals surface area contributed by atoms with Gasteiger partial charge in [-0.3, -0.25) is 0 Å². The summed E-state index contributed by atoms with van der Waals surface area (Å²) in [5, 5.41) is 23.5. The fourth-order valence-corrected chi connectivity index (χ4v) is 1.73. The van der Waals surface area contributed by atoms with Crippen molar-refractivity contribution in [2.75, 3.05) is 11.9 Å². The normalized spacial score (nSPS) is 13.9. The van der Waals surface area contributed by atoms with Crippen LogP contribution in [-0.4, -0.2) is 28.8 Å². The number of carbonyl (C=O) groups is 2. The fourth-order valence-electron chi connectivity index (χ4n) is 1.73. The Kier molecular flexibility index (Phi) is 3.89.